The summed E-state index contributed by atoms with van der Waals surface area (Å²) in [6.45, 7) is 9.59. The quantitative estimate of drug-likeness (QED) is 0.246. The second-order valence-corrected chi connectivity index (χ2v) is 9.06. The number of hydrogen-bond donors (Lipinski definition) is 2. The Morgan fingerprint density at radius 1 is 0.833 bits per heavy atom. The summed E-state index contributed by atoms with van der Waals surface area (Å²) >= 11 is 0. The van der Waals surface area contributed by atoms with Crippen LogP contribution in [-0.2, 0) is 22.4 Å². The van der Waals surface area contributed by atoms with Crippen LogP contribution in [0.2, 0.25) is 0 Å². The van der Waals surface area contributed by atoms with Crippen LogP contribution in [0, 0.1) is 13.8 Å². The lowest BCUT2D eigenvalue weighted by Gasteiger charge is -2.20. The van der Waals surface area contributed by atoms with Crippen molar-refractivity contribution in [2.24, 2.45) is 0 Å². The largest absolute Gasteiger partial charge is 0.493 e. The fourth-order valence-corrected chi connectivity index (χ4v) is 4.22. The van der Waals surface area contributed by atoms with E-state index in [2.05, 4.69) is 50.1 Å². The first-order valence-electron chi connectivity index (χ1n) is 13.2. The van der Waals surface area contributed by atoms with Crippen molar-refractivity contribution >= 4 is 17.6 Å². The van der Waals surface area contributed by atoms with Crippen molar-refractivity contribution in [3.8, 4) is 5.75 Å². The molecule has 0 aliphatic heterocycles. The van der Waals surface area contributed by atoms with Crippen LogP contribution in [0.3, 0.4) is 0 Å². The molecule has 0 bridgehead atoms. The molecule has 0 aliphatic carbocycles. The minimum atomic E-state index is -0.844. The Bertz CT molecular complexity index is 921. The van der Waals surface area contributed by atoms with E-state index in [0.29, 0.717) is 25.2 Å². The monoisotopic (exact) mass is 499 g/mol. The van der Waals surface area contributed by atoms with E-state index in [1.165, 1.54) is 16.8 Å². The average molecular weight is 500 g/mol. The number of rotatable bonds is 16. The van der Waals surface area contributed by atoms with Gasteiger partial charge in [-0.2, -0.15) is 0 Å². The van der Waals surface area contributed by atoms with Crippen molar-refractivity contribution in [3.05, 3.63) is 58.7 Å². The lowest BCUT2D eigenvalue weighted by molar-refractivity contribution is -0.138. The van der Waals surface area contributed by atoms with Gasteiger partial charge >= 0.3 is 11.9 Å². The normalized spacial score (nSPS) is 10.4. The summed E-state index contributed by atoms with van der Waals surface area (Å²) in [4.78, 5) is 24.2. The van der Waals surface area contributed by atoms with E-state index in [1.807, 2.05) is 26.0 Å². The molecule has 36 heavy (non-hydrogen) atoms. The molecule has 0 saturated heterocycles. The number of carbonyl (C=O) groups is 2. The number of nitrogens with zero attached hydrogens (tertiary/aromatic N) is 1. The molecule has 2 N–H and O–H groups in total. The number of carboxylic acids is 2. The molecule has 2 aromatic carbocycles. The highest BCUT2D eigenvalue weighted by Gasteiger charge is 2.12. The van der Waals surface area contributed by atoms with Gasteiger partial charge in [-0.1, -0.05) is 44.9 Å². The Kier molecular flexibility index (Phi) is 15.0. The zero-order valence-corrected chi connectivity index (χ0v) is 22.8. The number of aryl methyl sites for hydroxylation is 3. The predicted molar refractivity (Wildman–Crippen MR) is 147 cm³/mol. The van der Waals surface area contributed by atoms with Gasteiger partial charge in [0.05, 0.1) is 6.61 Å². The lowest BCUT2D eigenvalue weighted by Crippen LogP contribution is -2.18. The molecule has 2 rings (SSSR count). The number of unbranched alkanes of at least 4 members (excludes halogenated alkanes) is 3. The molecule has 0 saturated carbocycles. The maximum Gasteiger partial charge on any atom is 0.303 e. The highest BCUT2D eigenvalue weighted by atomic mass is 16.5. The van der Waals surface area contributed by atoms with Gasteiger partial charge in [0.25, 0.3) is 0 Å². The van der Waals surface area contributed by atoms with E-state index in [4.69, 9.17) is 14.9 Å². The van der Waals surface area contributed by atoms with Crippen LogP contribution in [0.1, 0.15) is 81.0 Å². The minimum Gasteiger partial charge on any atom is -0.493 e. The molecule has 200 valence electrons. The fourth-order valence-electron chi connectivity index (χ4n) is 4.22. The van der Waals surface area contributed by atoms with Crippen molar-refractivity contribution in [2.45, 2.75) is 85.5 Å². The third-order valence-electron chi connectivity index (χ3n) is 5.95. The molecule has 0 heterocycles. The molecule has 2 aromatic rings. The molecule has 0 aromatic heterocycles. The first kappa shape index (κ1) is 31.0. The van der Waals surface area contributed by atoms with Crippen LogP contribution in [0.15, 0.2) is 36.4 Å². The van der Waals surface area contributed by atoms with Crippen molar-refractivity contribution in [3.63, 3.8) is 0 Å². The van der Waals surface area contributed by atoms with Gasteiger partial charge in [-0.25, -0.2) is 0 Å². The van der Waals surface area contributed by atoms with Gasteiger partial charge in [0.1, 0.15) is 5.75 Å². The van der Waals surface area contributed by atoms with E-state index >= 15 is 0 Å². The van der Waals surface area contributed by atoms with Gasteiger partial charge in [0.15, 0.2) is 0 Å². The summed E-state index contributed by atoms with van der Waals surface area (Å²) in [6.07, 6.45) is 6.25. The minimum absolute atomic E-state index is 0.0489. The summed E-state index contributed by atoms with van der Waals surface area (Å²) < 4.78 is 5.83. The second kappa shape index (κ2) is 17.4. The maximum atomic E-state index is 11.1. The molecule has 0 spiro atoms. The van der Waals surface area contributed by atoms with Crippen molar-refractivity contribution in [1.82, 2.24) is 0 Å². The molecular weight excluding hydrogens is 454 g/mol. The van der Waals surface area contributed by atoms with E-state index < -0.39 is 11.9 Å². The van der Waals surface area contributed by atoms with E-state index in [0.717, 1.165) is 49.8 Å². The average Bonchev–Trinajstić information content (AvgIpc) is 2.83. The van der Waals surface area contributed by atoms with Gasteiger partial charge in [0.2, 0.25) is 0 Å². The number of hydrogen-bond acceptors (Lipinski definition) is 4. The molecule has 0 atom stereocenters. The van der Waals surface area contributed by atoms with Crippen LogP contribution in [0.25, 0.3) is 0 Å². The molecule has 6 heteroatoms. The number of anilines is 1. The zero-order chi connectivity index (χ0) is 26.9. The predicted octanol–water partition coefficient (Wildman–Crippen LogP) is 6.83. The Hall–Kier alpha value is -3.02. The second-order valence-electron chi connectivity index (χ2n) is 9.06. The van der Waals surface area contributed by atoms with Gasteiger partial charge < -0.3 is 19.8 Å². The summed E-state index contributed by atoms with van der Waals surface area (Å²) in [5.41, 5.74) is 5.90. The smallest absolute Gasteiger partial charge is 0.303 e. The molecule has 0 aliphatic rings. The maximum absolute atomic E-state index is 11.1. The molecule has 0 fully saturated rings. The van der Waals surface area contributed by atoms with E-state index in [-0.39, 0.29) is 12.8 Å². The van der Waals surface area contributed by atoms with E-state index in [9.17, 15) is 9.59 Å². The Morgan fingerprint density at radius 2 is 1.47 bits per heavy atom. The van der Waals surface area contributed by atoms with Crippen molar-refractivity contribution < 1.29 is 24.5 Å². The van der Waals surface area contributed by atoms with Crippen LogP contribution in [0.5, 0.6) is 5.75 Å². The van der Waals surface area contributed by atoms with Gasteiger partial charge in [0, 0.05) is 32.1 Å². The fraction of sp³-hybridized carbons (Fsp3) is 0.533. The molecule has 0 amide bonds. The molecular formula is C30H45NO5. The highest BCUT2D eigenvalue weighted by molar-refractivity contribution is 5.67. The Balaban J connectivity index is 0.00000316. The van der Waals surface area contributed by atoms with Crippen LogP contribution >= 0.6 is 0 Å². The summed E-state index contributed by atoms with van der Waals surface area (Å²) in [7, 11) is 2.14. The summed E-state index contributed by atoms with van der Waals surface area (Å²) in [6, 6.07) is 12.5. The number of ether oxygens (including phenoxy) is 1. The number of benzene rings is 2. The summed E-state index contributed by atoms with van der Waals surface area (Å²) in [5, 5.41) is 18.0. The van der Waals surface area contributed by atoms with Gasteiger partial charge in [-0.15, -0.1) is 0 Å². The van der Waals surface area contributed by atoms with Crippen LogP contribution in [-0.4, -0.2) is 42.4 Å². The third kappa shape index (κ3) is 12.1. The summed E-state index contributed by atoms with van der Waals surface area (Å²) in [5.74, 6) is -0.998. The molecule has 0 unspecified atom stereocenters. The van der Waals surface area contributed by atoms with Gasteiger partial charge in [-0.05, 0) is 86.4 Å². The number of aliphatic carboxylic acids is 2. The van der Waals surface area contributed by atoms with Crippen molar-refractivity contribution in [2.75, 3.05) is 25.1 Å². The van der Waals surface area contributed by atoms with Crippen LogP contribution < -0.4 is 9.64 Å². The molecule has 0 radical (unpaired) electrons. The SMILES string of the molecule is CC.Cc1cc(C)cc(N(C)CCCCCCc2cccc(OCCCC(=O)O)c2CCC(=O)O)c1. The highest BCUT2D eigenvalue weighted by Crippen LogP contribution is 2.26. The van der Waals surface area contributed by atoms with Crippen LogP contribution in [0.4, 0.5) is 5.69 Å². The Morgan fingerprint density at radius 3 is 2.11 bits per heavy atom. The van der Waals surface area contributed by atoms with E-state index in [1.54, 1.807) is 0 Å². The topological polar surface area (TPSA) is 87.1 Å². The number of carboxylic acid groups (broad SMARTS) is 2. The zero-order valence-electron chi connectivity index (χ0n) is 22.8. The lowest BCUT2D eigenvalue weighted by atomic mass is 9.96. The standard InChI is InChI=1S/C28H39NO5.C2H6/c1-21-18-22(2)20-24(19-21)29(3)16-7-5-4-6-10-23-11-8-12-26(25(23)14-15-28(32)33)34-17-9-13-27(30)31;1-2/h8,11-12,18-20H,4-7,9-10,13-17H2,1-3H3,(H,30,31)(H,32,33);1-2H3. The van der Waals surface area contributed by atoms with Gasteiger partial charge in [-0.3, -0.25) is 9.59 Å². The van der Waals surface area contributed by atoms with Crippen molar-refractivity contribution in [1.29, 1.82) is 0 Å². The first-order chi connectivity index (χ1) is 17.3. The molecule has 6 nitrogen and oxygen atoms in total. The first-order valence-corrected chi connectivity index (χ1v) is 13.2. The Labute approximate surface area is 217 Å². The third-order valence-corrected chi connectivity index (χ3v) is 5.95.